The summed E-state index contributed by atoms with van der Waals surface area (Å²) in [6, 6.07) is 3.35. The van der Waals surface area contributed by atoms with E-state index in [0.717, 1.165) is 24.3 Å². The fraction of sp³-hybridized carbons (Fsp3) is 0.267. The number of anilines is 1. The number of benzene rings is 2. The summed E-state index contributed by atoms with van der Waals surface area (Å²) in [4.78, 5) is 10.6. The number of nitrogens with one attached hydrogen (secondary N) is 1. The van der Waals surface area contributed by atoms with Crippen molar-refractivity contribution >= 4 is 42.8 Å². The second kappa shape index (κ2) is 6.64. The van der Waals surface area contributed by atoms with Crippen molar-refractivity contribution in [2.45, 2.75) is 36.2 Å². The normalized spacial score (nSPS) is 12.8. The zero-order valence-corrected chi connectivity index (χ0v) is 16.1. The molecule has 0 bridgehead atoms. The number of phenolic OH excluding ortho intramolecular Hbond substituents is 1. The summed E-state index contributed by atoms with van der Waals surface area (Å²) in [5.74, 6) is -0.659. The van der Waals surface area contributed by atoms with Gasteiger partial charge in [0.25, 0.3) is 20.2 Å². The Hall–Kier alpha value is -2.41. The Bertz CT molecular complexity index is 1120. The van der Waals surface area contributed by atoms with Crippen LogP contribution in [0.4, 0.5) is 10.5 Å². The molecular weight excluding hydrogens is 402 g/mol. The van der Waals surface area contributed by atoms with Gasteiger partial charge in [-0.2, -0.15) is 16.8 Å². The van der Waals surface area contributed by atoms with Crippen molar-refractivity contribution < 1.29 is 40.6 Å². The number of ether oxygens (including phenoxy) is 1. The zero-order valence-electron chi connectivity index (χ0n) is 14.4. The van der Waals surface area contributed by atoms with Crippen LogP contribution >= 0.6 is 0 Å². The summed E-state index contributed by atoms with van der Waals surface area (Å²) in [5, 5.41) is 12.1. The molecule has 0 heterocycles. The molecule has 148 valence electrons. The van der Waals surface area contributed by atoms with E-state index in [-0.39, 0.29) is 16.5 Å². The maximum atomic E-state index is 12.0. The zero-order chi connectivity index (χ0) is 20.8. The lowest BCUT2D eigenvalue weighted by atomic mass is 10.1. The van der Waals surface area contributed by atoms with E-state index in [9.17, 15) is 31.3 Å². The van der Waals surface area contributed by atoms with Crippen molar-refractivity contribution in [1.82, 2.24) is 0 Å². The van der Waals surface area contributed by atoms with Crippen LogP contribution < -0.4 is 5.32 Å². The third kappa shape index (κ3) is 5.07. The van der Waals surface area contributed by atoms with Crippen molar-refractivity contribution in [3.8, 4) is 5.75 Å². The molecule has 0 aliphatic rings. The number of phenols is 1. The van der Waals surface area contributed by atoms with Crippen molar-refractivity contribution in [1.29, 1.82) is 0 Å². The molecule has 27 heavy (non-hydrogen) atoms. The summed E-state index contributed by atoms with van der Waals surface area (Å²) >= 11 is 0. The van der Waals surface area contributed by atoms with Crippen molar-refractivity contribution in [3.05, 3.63) is 24.3 Å². The van der Waals surface area contributed by atoms with Gasteiger partial charge in [-0.1, -0.05) is 0 Å². The van der Waals surface area contributed by atoms with Crippen LogP contribution in [-0.2, 0) is 25.0 Å². The Labute approximate surface area is 155 Å². The van der Waals surface area contributed by atoms with Gasteiger partial charge in [0.15, 0.2) is 0 Å². The van der Waals surface area contributed by atoms with Crippen molar-refractivity contribution in [2.24, 2.45) is 0 Å². The van der Waals surface area contributed by atoms with Gasteiger partial charge in [-0.3, -0.25) is 14.4 Å². The van der Waals surface area contributed by atoms with E-state index >= 15 is 0 Å². The first-order valence-corrected chi connectivity index (χ1v) is 10.2. The number of rotatable bonds is 3. The molecule has 0 aliphatic heterocycles. The molecule has 0 saturated carbocycles. The third-order valence-electron chi connectivity index (χ3n) is 3.21. The summed E-state index contributed by atoms with van der Waals surface area (Å²) < 4.78 is 69.1. The summed E-state index contributed by atoms with van der Waals surface area (Å²) in [6.45, 7) is 4.78. The lowest BCUT2D eigenvalue weighted by Crippen LogP contribution is -2.27. The van der Waals surface area contributed by atoms with Gasteiger partial charge in [0.05, 0.1) is 15.5 Å². The minimum absolute atomic E-state index is 0.124. The first-order chi connectivity index (χ1) is 12.1. The fourth-order valence-electron chi connectivity index (χ4n) is 2.25. The van der Waals surface area contributed by atoms with Crippen molar-refractivity contribution in [3.63, 3.8) is 0 Å². The molecule has 2 rings (SSSR count). The molecule has 0 spiro atoms. The number of carbonyl (C=O) groups excluding carboxylic acids is 1. The predicted octanol–water partition coefficient (Wildman–Crippen LogP) is 2.39. The Balaban J connectivity index is 2.76. The molecule has 0 radical (unpaired) electrons. The number of hydrogen-bond donors (Lipinski definition) is 4. The summed E-state index contributed by atoms with van der Waals surface area (Å²) in [7, 11) is -9.44. The van der Waals surface area contributed by atoms with Crippen LogP contribution in [0.2, 0.25) is 0 Å². The van der Waals surface area contributed by atoms with Gasteiger partial charge < -0.3 is 9.84 Å². The minimum atomic E-state index is -4.73. The smallest absolute Gasteiger partial charge is 0.412 e. The van der Waals surface area contributed by atoms with Crippen LogP contribution in [0.1, 0.15) is 20.8 Å². The first kappa shape index (κ1) is 20.9. The van der Waals surface area contributed by atoms with Gasteiger partial charge in [-0.15, -0.1) is 0 Å². The lowest BCUT2D eigenvalue weighted by molar-refractivity contribution is 0.0636. The Morgan fingerprint density at radius 3 is 1.89 bits per heavy atom. The van der Waals surface area contributed by atoms with E-state index in [1.54, 1.807) is 20.8 Å². The van der Waals surface area contributed by atoms with E-state index in [2.05, 4.69) is 5.32 Å². The monoisotopic (exact) mass is 419 g/mol. The van der Waals surface area contributed by atoms with Crippen molar-refractivity contribution in [2.75, 3.05) is 5.32 Å². The third-order valence-corrected chi connectivity index (χ3v) is 4.87. The SMILES string of the molecule is CC(C)(C)OC(=O)Nc1cc(S(=O)(=O)O)cc2cc(S(=O)(=O)O)cc(O)c12. The maximum absolute atomic E-state index is 12.0. The van der Waals surface area contributed by atoms with E-state index in [0.29, 0.717) is 0 Å². The van der Waals surface area contributed by atoms with Gasteiger partial charge in [-0.05, 0) is 44.4 Å². The van der Waals surface area contributed by atoms with Gasteiger partial charge >= 0.3 is 6.09 Å². The van der Waals surface area contributed by atoms with Crippen LogP contribution in [0.5, 0.6) is 5.75 Å². The molecule has 0 fully saturated rings. The topological polar surface area (TPSA) is 167 Å². The van der Waals surface area contributed by atoms with E-state index in [1.165, 1.54) is 0 Å². The van der Waals surface area contributed by atoms with E-state index in [4.69, 9.17) is 9.29 Å². The molecule has 0 unspecified atom stereocenters. The molecule has 2 aromatic carbocycles. The van der Waals surface area contributed by atoms with Crippen LogP contribution in [0.3, 0.4) is 0 Å². The van der Waals surface area contributed by atoms with E-state index < -0.39 is 47.5 Å². The average Bonchev–Trinajstić information content (AvgIpc) is 2.42. The second-order valence-corrected chi connectivity index (χ2v) is 9.43. The Kier molecular flexibility index (Phi) is 5.14. The molecule has 0 aliphatic carbocycles. The number of aromatic hydroxyl groups is 1. The largest absolute Gasteiger partial charge is 0.507 e. The first-order valence-electron chi connectivity index (χ1n) is 7.34. The Morgan fingerprint density at radius 2 is 1.44 bits per heavy atom. The molecule has 0 atom stereocenters. The fourth-order valence-corrected chi connectivity index (χ4v) is 3.33. The minimum Gasteiger partial charge on any atom is -0.507 e. The van der Waals surface area contributed by atoms with Gasteiger partial charge in [-0.25, -0.2) is 4.79 Å². The van der Waals surface area contributed by atoms with Crippen LogP contribution in [-0.4, -0.2) is 42.7 Å². The van der Waals surface area contributed by atoms with E-state index in [1.807, 2.05) is 0 Å². The predicted molar refractivity (Wildman–Crippen MR) is 95.1 cm³/mol. The molecule has 0 saturated heterocycles. The molecule has 2 aromatic rings. The molecule has 0 aromatic heterocycles. The number of amides is 1. The number of fused-ring (bicyclic) bond motifs is 1. The Morgan fingerprint density at radius 1 is 0.963 bits per heavy atom. The molecule has 10 nitrogen and oxygen atoms in total. The lowest BCUT2D eigenvalue weighted by Gasteiger charge is -2.20. The molecule has 4 N–H and O–H groups in total. The highest BCUT2D eigenvalue weighted by Crippen LogP contribution is 2.36. The average molecular weight is 419 g/mol. The summed E-state index contributed by atoms with van der Waals surface area (Å²) in [6.07, 6.45) is -0.977. The second-order valence-electron chi connectivity index (χ2n) is 6.59. The quantitative estimate of drug-likeness (QED) is 0.546. The maximum Gasteiger partial charge on any atom is 0.412 e. The number of hydrogen-bond acceptors (Lipinski definition) is 7. The van der Waals surface area contributed by atoms with Crippen LogP contribution in [0, 0.1) is 0 Å². The van der Waals surface area contributed by atoms with Crippen LogP contribution in [0.25, 0.3) is 10.8 Å². The molecular formula is C15H17NO9S2. The summed E-state index contributed by atoms with van der Waals surface area (Å²) in [5.41, 5.74) is -1.13. The molecule has 12 heteroatoms. The van der Waals surface area contributed by atoms with Gasteiger partial charge in [0.1, 0.15) is 11.4 Å². The van der Waals surface area contributed by atoms with Gasteiger partial charge in [0.2, 0.25) is 0 Å². The standard InChI is InChI=1S/C15H17NO9S2/c1-15(2,3)25-14(18)16-11-6-9(26(19,20)21)4-8-5-10(27(22,23)24)7-12(17)13(8)11/h4-7,17H,1-3H3,(H,16,18)(H,19,20,21)(H,22,23,24). The highest BCUT2D eigenvalue weighted by Gasteiger charge is 2.22. The van der Waals surface area contributed by atoms with Gasteiger partial charge in [0, 0.05) is 11.5 Å². The number of carbonyl (C=O) groups is 1. The van der Waals surface area contributed by atoms with Crippen LogP contribution in [0.15, 0.2) is 34.1 Å². The highest BCUT2D eigenvalue weighted by atomic mass is 32.2. The highest BCUT2D eigenvalue weighted by molar-refractivity contribution is 7.86. The molecule has 1 amide bonds.